The van der Waals surface area contributed by atoms with E-state index in [0.29, 0.717) is 0 Å². The molecule has 0 radical (unpaired) electrons. The number of ether oxygens (including phenoxy) is 1. The maximum Gasteiger partial charge on any atom is 0.390 e. The maximum atomic E-state index is 12.0. The van der Waals surface area contributed by atoms with Crippen molar-refractivity contribution >= 4 is 11.9 Å². The van der Waals surface area contributed by atoms with Crippen LogP contribution in [0.3, 0.4) is 0 Å². The number of carbonyl (C=O) groups excluding carboxylic acids is 1. The Morgan fingerprint density at radius 3 is 1.91 bits per heavy atom. The van der Waals surface area contributed by atoms with Crippen LogP contribution in [0.25, 0.3) is 0 Å². The molecule has 1 atom stereocenters. The first kappa shape index (κ1) is 19.7. The molecule has 7 nitrogen and oxygen atoms in total. The summed E-state index contributed by atoms with van der Waals surface area (Å²) in [4.78, 5) is 21.7. The highest BCUT2D eigenvalue weighted by atomic mass is 19.4. The topological polar surface area (TPSA) is 102 Å². The molecule has 1 unspecified atom stereocenters. The van der Waals surface area contributed by atoms with E-state index < -0.39 is 36.1 Å². The zero-order valence-corrected chi connectivity index (χ0v) is 12.2. The van der Waals surface area contributed by atoms with Crippen LogP contribution >= 0.6 is 0 Å². The first-order valence-corrected chi connectivity index (χ1v) is 6.03. The largest absolute Gasteiger partial charge is 0.481 e. The highest BCUT2D eigenvalue weighted by molar-refractivity contribution is 5.94. The average molecular weight is 323 g/mol. The molecule has 0 saturated heterocycles. The predicted octanol–water partition coefficient (Wildman–Crippen LogP) is 1.85. The molecule has 0 aliphatic rings. The SMILES string of the molecule is CC(C)(C)OC(=O)C(CC(F)(F)F)C(=O)O.c1cnnnc1. The molecule has 10 heteroatoms. The van der Waals surface area contributed by atoms with E-state index in [2.05, 4.69) is 20.1 Å². The number of halogens is 3. The van der Waals surface area contributed by atoms with Crippen molar-refractivity contribution in [3.63, 3.8) is 0 Å². The fraction of sp³-hybridized carbons (Fsp3) is 0.583. The summed E-state index contributed by atoms with van der Waals surface area (Å²) in [5, 5.41) is 18.6. The molecule has 22 heavy (non-hydrogen) atoms. The number of alkyl halides is 3. The van der Waals surface area contributed by atoms with Crippen LogP contribution in [0.1, 0.15) is 27.2 Å². The molecule has 1 aromatic rings. The van der Waals surface area contributed by atoms with Crippen molar-refractivity contribution < 1.29 is 32.6 Å². The number of carboxylic acids is 1. The number of hydrogen-bond donors (Lipinski definition) is 1. The second-order valence-corrected chi connectivity index (χ2v) is 5.05. The zero-order chi connectivity index (χ0) is 17.4. The molecule has 1 N–H and O–H groups in total. The zero-order valence-electron chi connectivity index (χ0n) is 12.2. The standard InChI is InChI=1S/C9H13F3O4.C3H3N3/c1-8(2,3)16-7(15)5(6(13)14)4-9(10,11)12;1-2-4-6-5-3-1/h5H,4H2,1-3H3,(H,13,14);1-3H. The van der Waals surface area contributed by atoms with E-state index >= 15 is 0 Å². The van der Waals surface area contributed by atoms with Crippen LogP contribution in [0.2, 0.25) is 0 Å². The molecule has 1 heterocycles. The number of aromatic nitrogens is 3. The van der Waals surface area contributed by atoms with Gasteiger partial charge in [-0.05, 0) is 32.1 Å². The summed E-state index contributed by atoms with van der Waals surface area (Å²) >= 11 is 0. The van der Waals surface area contributed by atoms with E-state index in [1.165, 1.54) is 20.8 Å². The summed E-state index contributed by atoms with van der Waals surface area (Å²) < 4.78 is 40.6. The van der Waals surface area contributed by atoms with Gasteiger partial charge in [-0.2, -0.15) is 13.2 Å². The molecule has 0 fully saturated rings. The first-order chi connectivity index (χ1) is 9.92. The van der Waals surface area contributed by atoms with E-state index in [0.717, 1.165) is 0 Å². The number of aliphatic carboxylic acids is 1. The summed E-state index contributed by atoms with van der Waals surface area (Å²) in [6.07, 6.45) is -3.29. The number of hydrogen-bond acceptors (Lipinski definition) is 6. The van der Waals surface area contributed by atoms with Crippen LogP contribution in [0, 0.1) is 5.92 Å². The van der Waals surface area contributed by atoms with Crippen LogP contribution in [-0.4, -0.2) is 44.2 Å². The highest BCUT2D eigenvalue weighted by Crippen LogP contribution is 2.26. The molecule has 0 spiro atoms. The van der Waals surface area contributed by atoms with E-state index in [4.69, 9.17) is 5.11 Å². The Labute approximate surface area is 124 Å². The lowest BCUT2D eigenvalue weighted by atomic mass is 10.1. The van der Waals surface area contributed by atoms with E-state index in [-0.39, 0.29) is 0 Å². The van der Waals surface area contributed by atoms with Gasteiger partial charge in [-0.1, -0.05) is 0 Å². The molecular weight excluding hydrogens is 307 g/mol. The predicted molar refractivity (Wildman–Crippen MR) is 67.5 cm³/mol. The summed E-state index contributed by atoms with van der Waals surface area (Å²) in [6.45, 7) is 4.33. The Hall–Kier alpha value is -2.26. The Bertz CT molecular complexity index is 448. The van der Waals surface area contributed by atoms with Gasteiger partial charge in [0, 0.05) is 0 Å². The second-order valence-electron chi connectivity index (χ2n) is 5.05. The minimum Gasteiger partial charge on any atom is -0.481 e. The van der Waals surface area contributed by atoms with Gasteiger partial charge in [0.2, 0.25) is 0 Å². The Balaban J connectivity index is 0.000000604. The lowest BCUT2D eigenvalue weighted by Gasteiger charge is -2.22. The Kier molecular flexibility index (Phi) is 7.40. The van der Waals surface area contributed by atoms with Crippen molar-refractivity contribution in [3.8, 4) is 0 Å². The summed E-state index contributed by atoms with van der Waals surface area (Å²) in [5.41, 5.74) is -1.02. The molecule has 0 aliphatic heterocycles. The normalized spacial score (nSPS) is 12.6. The molecule has 0 aliphatic carbocycles. The van der Waals surface area contributed by atoms with Crippen LogP contribution in [-0.2, 0) is 14.3 Å². The Morgan fingerprint density at radius 1 is 1.18 bits per heavy atom. The van der Waals surface area contributed by atoms with Crippen molar-refractivity contribution in [2.24, 2.45) is 5.92 Å². The fourth-order valence-electron chi connectivity index (χ4n) is 1.08. The van der Waals surface area contributed by atoms with Gasteiger partial charge in [0.15, 0.2) is 5.92 Å². The van der Waals surface area contributed by atoms with Gasteiger partial charge >= 0.3 is 18.1 Å². The molecule has 0 saturated carbocycles. The van der Waals surface area contributed by atoms with Gasteiger partial charge in [-0.25, -0.2) is 0 Å². The van der Waals surface area contributed by atoms with Gasteiger partial charge < -0.3 is 9.84 Å². The van der Waals surface area contributed by atoms with Crippen molar-refractivity contribution in [2.75, 3.05) is 0 Å². The number of carboxylic acid groups (broad SMARTS) is 1. The molecule has 124 valence electrons. The minimum absolute atomic E-state index is 1.02. The lowest BCUT2D eigenvalue weighted by molar-refractivity contribution is -0.183. The van der Waals surface area contributed by atoms with Crippen LogP contribution in [0.5, 0.6) is 0 Å². The fourth-order valence-corrected chi connectivity index (χ4v) is 1.08. The smallest absolute Gasteiger partial charge is 0.390 e. The van der Waals surface area contributed by atoms with Crippen molar-refractivity contribution in [3.05, 3.63) is 18.5 Å². The number of esters is 1. The van der Waals surface area contributed by atoms with E-state index in [9.17, 15) is 22.8 Å². The van der Waals surface area contributed by atoms with Crippen molar-refractivity contribution in [1.82, 2.24) is 15.4 Å². The van der Waals surface area contributed by atoms with Crippen molar-refractivity contribution in [1.29, 1.82) is 0 Å². The van der Waals surface area contributed by atoms with Gasteiger partial charge in [-0.3, -0.25) is 9.59 Å². The van der Waals surface area contributed by atoms with Crippen LogP contribution in [0.4, 0.5) is 13.2 Å². The number of carbonyl (C=O) groups is 2. The summed E-state index contributed by atoms with van der Waals surface area (Å²) in [5.74, 6) is -5.43. The molecule has 1 aromatic heterocycles. The quantitative estimate of drug-likeness (QED) is 0.669. The third-order valence-corrected chi connectivity index (χ3v) is 1.83. The summed E-state index contributed by atoms with van der Waals surface area (Å²) in [6, 6.07) is 1.72. The third-order valence-electron chi connectivity index (χ3n) is 1.83. The number of rotatable bonds is 3. The van der Waals surface area contributed by atoms with Crippen LogP contribution < -0.4 is 0 Å². The molecule has 1 rings (SSSR count). The van der Waals surface area contributed by atoms with Gasteiger partial charge in [0.1, 0.15) is 5.60 Å². The van der Waals surface area contributed by atoms with Crippen molar-refractivity contribution in [2.45, 2.75) is 39.0 Å². The Morgan fingerprint density at radius 2 is 1.68 bits per heavy atom. The second kappa shape index (κ2) is 8.25. The summed E-state index contributed by atoms with van der Waals surface area (Å²) in [7, 11) is 0. The highest BCUT2D eigenvalue weighted by Gasteiger charge is 2.41. The monoisotopic (exact) mass is 323 g/mol. The number of nitrogens with zero attached hydrogens (tertiary/aromatic N) is 3. The maximum absolute atomic E-state index is 12.0. The minimum atomic E-state index is -4.72. The molecule has 0 bridgehead atoms. The molecule has 0 aromatic carbocycles. The average Bonchev–Trinajstić information content (AvgIpc) is 2.35. The van der Waals surface area contributed by atoms with Gasteiger partial charge in [0.05, 0.1) is 18.8 Å². The van der Waals surface area contributed by atoms with Gasteiger partial charge in [-0.15, -0.1) is 10.2 Å². The lowest BCUT2D eigenvalue weighted by Crippen LogP contribution is -2.35. The van der Waals surface area contributed by atoms with Crippen LogP contribution in [0.15, 0.2) is 18.5 Å². The molecule has 0 amide bonds. The first-order valence-electron chi connectivity index (χ1n) is 6.03. The van der Waals surface area contributed by atoms with Gasteiger partial charge in [0.25, 0.3) is 0 Å². The van der Waals surface area contributed by atoms with E-state index in [1.54, 1.807) is 18.5 Å². The third kappa shape index (κ3) is 10.5. The molecular formula is C12H16F3N3O4. The van der Waals surface area contributed by atoms with E-state index in [1.807, 2.05) is 0 Å².